The number of sulfonamides is 1. The zero-order chi connectivity index (χ0) is 27.2. The Morgan fingerprint density at radius 1 is 0.946 bits per heavy atom. The molecule has 0 aliphatic heterocycles. The van der Waals surface area contributed by atoms with E-state index in [2.05, 4.69) is 5.32 Å². The average Bonchev–Trinajstić information content (AvgIpc) is 2.87. The van der Waals surface area contributed by atoms with Gasteiger partial charge in [-0.05, 0) is 69.2 Å². The summed E-state index contributed by atoms with van der Waals surface area (Å²) in [6.07, 6.45) is 0. The number of anilines is 1. The highest BCUT2D eigenvalue weighted by atomic mass is 35.5. The summed E-state index contributed by atoms with van der Waals surface area (Å²) in [6.45, 7) is 7.27. The number of halogens is 1. The van der Waals surface area contributed by atoms with Gasteiger partial charge < -0.3 is 10.2 Å². The Balaban J connectivity index is 2.03. The first-order valence-electron chi connectivity index (χ1n) is 12.0. The van der Waals surface area contributed by atoms with Crippen LogP contribution in [-0.4, -0.2) is 44.3 Å². The summed E-state index contributed by atoms with van der Waals surface area (Å²) >= 11 is 5.98. The number of hydrogen-bond acceptors (Lipinski definition) is 4. The average molecular weight is 542 g/mol. The molecule has 7 nitrogen and oxygen atoms in total. The van der Waals surface area contributed by atoms with Gasteiger partial charge >= 0.3 is 0 Å². The van der Waals surface area contributed by atoms with E-state index in [1.54, 1.807) is 45.0 Å². The monoisotopic (exact) mass is 541 g/mol. The van der Waals surface area contributed by atoms with Crippen molar-refractivity contribution in [3.63, 3.8) is 0 Å². The van der Waals surface area contributed by atoms with Gasteiger partial charge in [-0.25, -0.2) is 8.42 Å². The number of hydrogen-bond donors (Lipinski definition) is 1. The molecule has 196 valence electrons. The molecule has 37 heavy (non-hydrogen) atoms. The van der Waals surface area contributed by atoms with Crippen LogP contribution in [0, 0.1) is 13.8 Å². The zero-order valence-corrected chi connectivity index (χ0v) is 23.0. The predicted octanol–water partition coefficient (Wildman–Crippen LogP) is 4.71. The summed E-state index contributed by atoms with van der Waals surface area (Å²) in [7, 11) is -4.13. The molecule has 0 heterocycles. The lowest BCUT2D eigenvalue weighted by Gasteiger charge is -2.32. The third-order valence-corrected chi connectivity index (χ3v) is 8.08. The quantitative estimate of drug-likeness (QED) is 0.403. The van der Waals surface area contributed by atoms with Crippen molar-refractivity contribution < 1.29 is 18.0 Å². The normalized spacial score (nSPS) is 12.0. The number of nitrogens with one attached hydrogen (secondary N) is 1. The van der Waals surface area contributed by atoms with Crippen LogP contribution >= 0.6 is 11.6 Å². The van der Waals surface area contributed by atoms with Crippen molar-refractivity contribution in [1.82, 2.24) is 10.2 Å². The van der Waals surface area contributed by atoms with Crippen LogP contribution in [0.1, 0.15) is 30.5 Å². The molecule has 0 aliphatic rings. The molecule has 0 aromatic heterocycles. The molecule has 1 N–H and O–H groups in total. The molecular formula is C28H32ClN3O4S. The van der Waals surface area contributed by atoms with Crippen LogP contribution in [0.15, 0.2) is 77.7 Å². The van der Waals surface area contributed by atoms with Gasteiger partial charge in [-0.2, -0.15) is 0 Å². The highest BCUT2D eigenvalue weighted by molar-refractivity contribution is 7.92. The van der Waals surface area contributed by atoms with E-state index in [1.165, 1.54) is 29.2 Å². The maximum Gasteiger partial charge on any atom is 0.264 e. The van der Waals surface area contributed by atoms with Crippen molar-refractivity contribution in [2.45, 2.75) is 45.2 Å². The first-order chi connectivity index (χ1) is 17.5. The van der Waals surface area contributed by atoms with E-state index in [4.69, 9.17) is 11.6 Å². The zero-order valence-electron chi connectivity index (χ0n) is 21.4. The van der Waals surface area contributed by atoms with Crippen molar-refractivity contribution in [2.24, 2.45) is 0 Å². The number of nitrogens with zero attached hydrogens (tertiary/aromatic N) is 2. The molecule has 1 unspecified atom stereocenters. The second-order valence-electron chi connectivity index (χ2n) is 8.83. The minimum Gasteiger partial charge on any atom is -0.355 e. The molecule has 0 fully saturated rings. The molecule has 0 radical (unpaired) electrons. The molecule has 0 bridgehead atoms. The Bertz CT molecular complexity index is 1340. The molecule has 2 amide bonds. The summed E-state index contributed by atoms with van der Waals surface area (Å²) in [6, 6.07) is 19.6. The lowest BCUT2D eigenvalue weighted by molar-refractivity contribution is -0.139. The van der Waals surface area contributed by atoms with Gasteiger partial charge in [0.1, 0.15) is 12.6 Å². The molecule has 3 aromatic carbocycles. The van der Waals surface area contributed by atoms with Crippen molar-refractivity contribution in [1.29, 1.82) is 0 Å². The third-order valence-electron chi connectivity index (χ3n) is 6.06. The topological polar surface area (TPSA) is 86.8 Å². The number of carbonyl (C=O) groups excluding carboxylic acids is 2. The van der Waals surface area contributed by atoms with Crippen molar-refractivity contribution in [3.8, 4) is 0 Å². The lowest BCUT2D eigenvalue weighted by Crippen LogP contribution is -2.51. The van der Waals surface area contributed by atoms with Crippen LogP contribution in [0.2, 0.25) is 5.02 Å². The molecule has 1 atom stereocenters. The highest BCUT2D eigenvalue weighted by Gasteiger charge is 2.33. The van der Waals surface area contributed by atoms with Gasteiger partial charge in [-0.3, -0.25) is 13.9 Å². The van der Waals surface area contributed by atoms with Gasteiger partial charge in [0.15, 0.2) is 0 Å². The van der Waals surface area contributed by atoms with Crippen molar-refractivity contribution >= 4 is 39.1 Å². The fourth-order valence-corrected chi connectivity index (χ4v) is 5.49. The summed E-state index contributed by atoms with van der Waals surface area (Å²) in [5, 5.41) is 3.15. The molecule has 0 saturated carbocycles. The lowest BCUT2D eigenvalue weighted by atomic mass is 10.1. The number of benzene rings is 3. The van der Waals surface area contributed by atoms with Gasteiger partial charge in [0.25, 0.3) is 10.0 Å². The van der Waals surface area contributed by atoms with Crippen LogP contribution in [0.3, 0.4) is 0 Å². The number of rotatable bonds is 10. The standard InChI is InChI=1S/C28H32ClN3O4S/c1-5-30-28(34)22(4)31(18-23-12-10-20(2)11-13-23)27(33)19-32(26-9-7-6-8-21(26)3)37(35,36)25-16-14-24(29)15-17-25/h6-17,22H,5,18-19H2,1-4H3,(H,30,34). The van der Waals surface area contributed by atoms with E-state index in [9.17, 15) is 18.0 Å². The summed E-state index contributed by atoms with van der Waals surface area (Å²) in [4.78, 5) is 28.0. The van der Waals surface area contributed by atoms with E-state index in [-0.39, 0.29) is 17.3 Å². The first-order valence-corrected chi connectivity index (χ1v) is 13.8. The Morgan fingerprint density at radius 2 is 1.57 bits per heavy atom. The minimum atomic E-state index is -4.13. The van der Waals surface area contributed by atoms with Crippen LogP contribution in [0.4, 0.5) is 5.69 Å². The van der Waals surface area contributed by atoms with Gasteiger partial charge in [-0.1, -0.05) is 59.6 Å². The maximum absolute atomic E-state index is 13.8. The summed E-state index contributed by atoms with van der Waals surface area (Å²) in [5.41, 5.74) is 2.97. The van der Waals surface area contributed by atoms with E-state index in [0.29, 0.717) is 22.8 Å². The van der Waals surface area contributed by atoms with Gasteiger partial charge in [0.05, 0.1) is 10.6 Å². The molecule has 0 aliphatic carbocycles. The third kappa shape index (κ3) is 6.90. The molecule has 0 saturated heterocycles. The largest absolute Gasteiger partial charge is 0.355 e. The van der Waals surface area contributed by atoms with E-state index in [0.717, 1.165) is 15.4 Å². The first kappa shape index (κ1) is 28.2. The van der Waals surface area contributed by atoms with E-state index < -0.39 is 28.5 Å². The Morgan fingerprint density at radius 3 is 2.16 bits per heavy atom. The summed E-state index contributed by atoms with van der Waals surface area (Å²) in [5.74, 6) is -0.814. The Labute approximate surface area is 224 Å². The highest BCUT2D eigenvalue weighted by Crippen LogP contribution is 2.28. The summed E-state index contributed by atoms with van der Waals surface area (Å²) < 4.78 is 28.7. The van der Waals surface area contributed by atoms with Crippen LogP contribution in [0.25, 0.3) is 0 Å². The molecule has 9 heteroatoms. The van der Waals surface area contributed by atoms with Gasteiger partial charge in [0, 0.05) is 18.1 Å². The SMILES string of the molecule is CCNC(=O)C(C)N(Cc1ccc(C)cc1)C(=O)CN(c1ccccc1C)S(=O)(=O)c1ccc(Cl)cc1. The van der Waals surface area contributed by atoms with Crippen molar-refractivity contribution in [2.75, 3.05) is 17.4 Å². The van der Waals surface area contributed by atoms with E-state index >= 15 is 0 Å². The van der Waals surface area contributed by atoms with Crippen molar-refractivity contribution in [3.05, 3.63) is 94.5 Å². The van der Waals surface area contributed by atoms with Gasteiger partial charge in [-0.15, -0.1) is 0 Å². The molecule has 3 rings (SSSR count). The fraction of sp³-hybridized carbons (Fsp3) is 0.286. The van der Waals surface area contributed by atoms with Gasteiger partial charge in [0.2, 0.25) is 11.8 Å². The molecule has 3 aromatic rings. The fourth-order valence-electron chi connectivity index (χ4n) is 3.89. The predicted molar refractivity (Wildman–Crippen MR) is 147 cm³/mol. The Kier molecular flexibility index (Phi) is 9.34. The van der Waals surface area contributed by atoms with E-state index in [1.807, 2.05) is 31.2 Å². The minimum absolute atomic E-state index is 0.00909. The Hall–Kier alpha value is -3.36. The molecule has 0 spiro atoms. The van der Waals surface area contributed by atoms with Crippen LogP contribution in [-0.2, 0) is 26.2 Å². The number of aryl methyl sites for hydroxylation is 2. The number of carbonyl (C=O) groups is 2. The second-order valence-corrected chi connectivity index (χ2v) is 11.1. The van der Waals surface area contributed by atoms with Crippen LogP contribution in [0.5, 0.6) is 0 Å². The molecular weight excluding hydrogens is 510 g/mol. The maximum atomic E-state index is 13.8. The second kappa shape index (κ2) is 12.3. The number of likely N-dealkylation sites (N-methyl/N-ethyl adjacent to an activating group) is 1. The smallest absolute Gasteiger partial charge is 0.264 e. The number of para-hydroxylation sites is 1. The van der Waals surface area contributed by atoms with Crippen LogP contribution < -0.4 is 9.62 Å². The number of amides is 2.